The second-order valence-electron chi connectivity index (χ2n) is 5.77. The van der Waals surface area contributed by atoms with Crippen LogP contribution in [-0.4, -0.2) is 4.98 Å². The maximum absolute atomic E-state index is 13.0. The van der Waals surface area contributed by atoms with Crippen LogP contribution in [0.5, 0.6) is 5.75 Å². The van der Waals surface area contributed by atoms with E-state index in [2.05, 4.69) is 18.8 Å². The fraction of sp³-hybridized carbons (Fsp3) is 0.400. The van der Waals surface area contributed by atoms with Crippen LogP contribution < -0.4 is 4.74 Å². The van der Waals surface area contributed by atoms with Gasteiger partial charge >= 0.3 is 6.18 Å². The molecule has 2 rings (SSSR count). The average molecular weight is 364 g/mol. The SMILES string of the molecule is CCC.CCC(Oc1ccc(C#N)c(C(F)(F)F)c1)c1ccc(C)nc1. The Balaban J connectivity index is 0.00000105. The lowest BCUT2D eigenvalue weighted by molar-refractivity contribution is -0.137. The van der Waals surface area contributed by atoms with Crippen LogP contribution in [0.1, 0.15) is 62.1 Å². The molecule has 1 heterocycles. The zero-order valence-corrected chi connectivity index (χ0v) is 15.4. The Bertz CT molecular complexity index is 734. The zero-order valence-electron chi connectivity index (χ0n) is 15.4. The number of halogens is 3. The molecule has 1 atom stereocenters. The third-order valence-electron chi connectivity index (χ3n) is 3.37. The van der Waals surface area contributed by atoms with Crippen molar-refractivity contribution < 1.29 is 17.9 Å². The van der Waals surface area contributed by atoms with Crippen LogP contribution in [-0.2, 0) is 6.18 Å². The summed E-state index contributed by atoms with van der Waals surface area (Å²) in [5.41, 5.74) is 0.224. The van der Waals surface area contributed by atoms with Gasteiger partial charge in [0.05, 0.1) is 17.2 Å². The molecule has 0 radical (unpaired) electrons. The molecule has 0 N–H and O–H groups in total. The maximum atomic E-state index is 13.0. The molecule has 1 unspecified atom stereocenters. The summed E-state index contributed by atoms with van der Waals surface area (Å²) in [6.07, 6.45) is -1.53. The number of hydrogen-bond acceptors (Lipinski definition) is 3. The van der Waals surface area contributed by atoms with Crippen molar-refractivity contribution in [2.45, 2.75) is 52.8 Å². The van der Waals surface area contributed by atoms with Crippen LogP contribution >= 0.6 is 0 Å². The summed E-state index contributed by atoms with van der Waals surface area (Å²) >= 11 is 0. The number of alkyl halides is 3. The second-order valence-corrected chi connectivity index (χ2v) is 5.77. The standard InChI is InChI=1S/C17H15F3N2O.C3H8/c1-3-16(13-5-4-11(2)22-10-13)23-14-7-6-12(9-21)15(8-14)17(18,19)20;1-3-2/h4-8,10,16H,3H2,1-2H3;3H2,1-2H3. The fourth-order valence-corrected chi connectivity index (χ4v) is 2.15. The zero-order chi connectivity index (χ0) is 19.7. The van der Waals surface area contributed by atoms with Crippen LogP contribution in [0.2, 0.25) is 0 Å². The van der Waals surface area contributed by atoms with Gasteiger partial charge < -0.3 is 4.74 Å². The Kier molecular flexibility index (Phi) is 8.11. The van der Waals surface area contributed by atoms with E-state index in [9.17, 15) is 13.2 Å². The number of ether oxygens (including phenoxy) is 1. The van der Waals surface area contributed by atoms with E-state index in [1.165, 1.54) is 12.5 Å². The highest BCUT2D eigenvalue weighted by Crippen LogP contribution is 2.35. The van der Waals surface area contributed by atoms with Gasteiger partial charge in [0.2, 0.25) is 0 Å². The number of rotatable bonds is 4. The first-order chi connectivity index (χ1) is 12.3. The first-order valence-corrected chi connectivity index (χ1v) is 8.47. The number of nitriles is 1. The minimum absolute atomic E-state index is 0.0729. The lowest BCUT2D eigenvalue weighted by Crippen LogP contribution is -2.10. The van der Waals surface area contributed by atoms with Crippen LogP contribution in [0.3, 0.4) is 0 Å². The van der Waals surface area contributed by atoms with Gasteiger partial charge in [0.15, 0.2) is 0 Å². The van der Waals surface area contributed by atoms with Gasteiger partial charge in [0.25, 0.3) is 0 Å². The molecule has 0 saturated carbocycles. The number of nitrogens with zero attached hydrogens (tertiary/aromatic N) is 2. The van der Waals surface area contributed by atoms with Crippen molar-refractivity contribution in [2.75, 3.05) is 0 Å². The van der Waals surface area contributed by atoms with E-state index in [1.807, 2.05) is 26.0 Å². The average Bonchev–Trinajstić information content (AvgIpc) is 2.60. The first kappa shape index (κ1) is 21.5. The van der Waals surface area contributed by atoms with Gasteiger partial charge in [0.1, 0.15) is 11.9 Å². The van der Waals surface area contributed by atoms with Crippen molar-refractivity contribution >= 4 is 0 Å². The van der Waals surface area contributed by atoms with Crippen LogP contribution in [0.4, 0.5) is 13.2 Å². The highest BCUT2D eigenvalue weighted by molar-refractivity contribution is 5.44. The number of aryl methyl sites for hydroxylation is 1. The Morgan fingerprint density at radius 2 is 1.81 bits per heavy atom. The van der Waals surface area contributed by atoms with Crippen molar-refractivity contribution in [3.63, 3.8) is 0 Å². The van der Waals surface area contributed by atoms with Crippen LogP contribution in [0.25, 0.3) is 0 Å². The molecule has 2 aromatic rings. The summed E-state index contributed by atoms with van der Waals surface area (Å²) in [4.78, 5) is 4.17. The van der Waals surface area contributed by atoms with E-state index < -0.39 is 23.4 Å². The predicted octanol–water partition coefficient (Wildman–Crippen LogP) is 6.23. The third-order valence-corrected chi connectivity index (χ3v) is 3.37. The fourth-order valence-electron chi connectivity index (χ4n) is 2.15. The predicted molar refractivity (Wildman–Crippen MR) is 94.8 cm³/mol. The highest BCUT2D eigenvalue weighted by atomic mass is 19.4. The van der Waals surface area contributed by atoms with Crippen LogP contribution in [0, 0.1) is 18.3 Å². The van der Waals surface area contributed by atoms with Crippen molar-refractivity contribution in [1.82, 2.24) is 4.98 Å². The van der Waals surface area contributed by atoms with Crippen molar-refractivity contribution in [1.29, 1.82) is 5.26 Å². The molecule has 140 valence electrons. The molecular weight excluding hydrogens is 341 g/mol. The monoisotopic (exact) mass is 364 g/mol. The lowest BCUT2D eigenvalue weighted by Gasteiger charge is -2.19. The molecule has 0 aliphatic heterocycles. The smallest absolute Gasteiger partial charge is 0.417 e. The molecule has 0 spiro atoms. The summed E-state index contributed by atoms with van der Waals surface area (Å²) in [6, 6.07) is 8.57. The summed E-state index contributed by atoms with van der Waals surface area (Å²) in [6.45, 7) is 7.97. The molecule has 0 amide bonds. The molecule has 0 fully saturated rings. The Morgan fingerprint density at radius 1 is 1.15 bits per heavy atom. The maximum Gasteiger partial charge on any atom is 0.417 e. The first-order valence-electron chi connectivity index (χ1n) is 8.47. The molecule has 0 aliphatic rings. The molecular formula is C20H23F3N2O. The molecule has 1 aromatic heterocycles. The Morgan fingerprint density at radius 3 is 2.27 bits per heavy atom. The molecule has 1 aromatic carbocycles. The molecule has 3 nitrogen and oxygen atoms in total. The molecule has 0 saturated heterocycles. The van der Waals surface area contributed by atoms with Gasteiger partial charge in [0, 0.05) is 17.5 Å². The van der Waals surface area contributed by atoms with E-state index in [4.69, 9.17) is 10.00 Å². The second kappa shape index (κ2) is 9.81. The molecule has 0 aliphatic carbocycles. The van der Waals surface area contributed by atoms with E-state index in [0.29, 0.717) is 6.42 Å². The van der Waals surface area contributed by atoms with Gasteiger partial charge in [-0.1, -0.05) is 33.3 Å². The summed E-state index contributed by atoms with van der Waals surface area (Å²) in [5.74, 6) is 0.0729. The Labute approximate surface area is 152 Å². The number of hydrogen-bond donors (Lipinski definition) is 0. The molecule has 26 heavy (non-hydrogen) atoms. The molecule has 6 heteroatoms. The van der Waals surface area contributed by atoms with Crippen molar-refractivity contribution in [3.05, 3.63) is 58.9 Å². The number of benzene rings is 1. The van der Waals surface area contributed by atoms with Gasteiger partial charge in [-0.15, -0.1) is 0 Å². The van der Waals surface area contributed by atoms with Gasteiger partial charge in [-0.2, -0.15) is 18.4 Å². The van der Waals surface area contributed by atoms with Crippen molar-refractivity contribution in [3.8, 4) is 11.8 Å². The quantitative estimate of drug-likeness (QED) is 0.646. The molecule has 0 bridgehead atoms. The summed E-state index contributed by atoms with van der Waals surface area (Å²) in [7, 11) is 0. The minimum atomic E-state index is -4.60. The summed E-state index contributed by atoms with van der Waals surface area (Å²) in [5, 5.41) is 8.81. The number of pyridine rings is 1. The van der Waals surface area contributed by atoms with E-state index in [-0.39, 0.29) is 5.75 Å². The lowest BCUT2D eigenvalue weighted by atomic mass is 10.1. The Hall–Kier alpha value is -2.55. The highest BCUT2D eigenvalue weighted by Gasteiger charge is 2.34. The van der Waals surface area contributed by atoms with Crippen molar-refractivity contribution in [2.24, 2.45) is 0 Å². The van der Waals surface area contributed by atoms with E-state index in [1.54, 1.807) is 12.3 Å². The minimum Gasteiger partial charge on any atom is -0.486 e. The summed E-state index contributed by atoms with van der Waals surface area (Å²) < 4.78 is 44.6. The topological polar surface area (TPSA) is 45.9 Å². The largest absolute Gasteiger partial charge is 0.486 e. The number of aromatic nitrogens is 1. The third kappa shape index (κ3) is 6.07. The van der Waals surface area contributed by atoms with E-state index in [0.717, 1.165) is 23.4 Å². The van der Waals surface area contributed by atoms with Gasteiger partial charge in [-0.3, -0.25) is 4.98 Å². The van der Waals surface area contributed by atoms with E-state index >= 15 is 0 Å². The van der Waals surface area contributed by atoms with Gasteiger partial charge in [-0.05, 0) is 37.6 Å². The van der Waals surface area contributed by atoms with Crippen LogP contribution in [0.15, 0.2) is 36.5 Å². The van der Waals surface area contributed by atoms with Gasteiger partial charge in [-0.25, -0.2) is 0 Å². The normalized spacial score (nSPS) is 11.8.